The van der Waals surface area contributed by atoms with Gasteiger partial charge in [-0.2, -0.15) is 11.8 Å². The molecule has 0 heterocycles. The Kier molecular flexibility index (Phi) is 36.7. The lowest BCUT2D eigenvalue weighted by atomic mass is 9.88. The number of Topliss-reactive ketones (excluding diaryl/α,β-unsaturated/α-hetero) is 5. The first-order valence-electron chi connectivity index (χ1n) is 25.4. The number of unbranched alkanes of at least 4 members (excludes halogenated alkanes) is 1. The van der Waals surface area contributed by atoms with Crippen LogP contribution >= 0.6 is 27.7 Å². The van der Waals surface area contributed by atoms with Crippen LogP contribution in [0.4, 0.5) is 0 Å². The van der Waals surface area contributed by atoms with Crippen LogP contribution in [0.15, 0.2) is 29.3 Å². The van der Waals surface area contributed by atoms with E-state index in [4.69, 9.17) is 26.7 Å². The molecule has 6 atom stereocenters. The molecule has 0 radical (unpaired) electrons. The zero-order valence-corrected chi connectivity index (χ0v) is 45.6. The molecule has 0 bridgehead atoms. The number of thioether (sulfide) groups is 1. The predicted molar refractivity (Wildman–Crippen MR) is 286 cm³/mol. The topological polar surface area (TPSA) is 314 Å². The van der Waals surface area contributed by atoms with Crippen molar-refractivity contribution in [1.82, 2.24) is 21.3 Å². The minimum atomic E-state index is -0.752. The summed E-state index contributed by atoms with van der Waals surface area (Å²) in [5.74, 6) is -1.21. The molecular weight excluding hydrogens is 1010 g/mol. The fourth-order valence-electron chi connectivity index (χ4n) is 7.66. The smallest absolute Gasteiger partial charge is 0.234 e. The Balaban J connectivity index is 2.52. The Morgan fingerprint density at radius 2 is 1.46 bits per heavy atom. The first-order valence-corrected chi connectivity index (χ1v) is 27.7. The van der Waals surface area contributed by atoms with E-state index < -0.39 is 29.9 Å². The summed E-state index contributed by atoms with van der Waals surface area (Å²) in [6.45, 7) is 8.11. The number of carbonyl (C=O) groups is 8. The van der Waals surface area contributed by atoms with Crippen LogP contribution in [0.1, 0.15) is 123 Å². The molecule has 1 rings (SSSR count). The van der Waals surface area contributed by atoms with Gasteiger partial charge in [0.05, 0.1) is 49.0 Å². The molecule has 408 valence electrons. The molecule has 0 saturated heterocycles. The number of phenolic OH excluding ortho intramolecular Hbond substituents is 1. The summed E-state index contributed by atoms with van der Waals surface area (Å²) in [5, 5.41) is 22.0. The Morgan fingerprint density at radius 1 is 0.764 bits per heavy atom. The third-order valence-electron chi connectivity index (χ3n) is 12.4. The first kappa shape index (κ1) is 65.7. The third kappa shape index (κ3) is 32.0. The van der Waals surface area contributed by atoms with E-state index in [0.29, 0.717) is 121 Å². The van der Waals surface area contributed by atoms with Crippen molar-refractivity contribution in [3.8, 4) is 5.75 Å². The maximum absolute atomic E-state index is 13.5. The molecule has 0 aliphatic heterocycles. The Morgan fingerprint density at radius 3 is 2.10 bits per heavy atom. The number of nitrogens with one attached hydrogen (secondary N) is 4. The number of benzene rings is 1. The summed E-state index contributed by atoms with van der Waals surface area (Å²) < 4.78 is 10.9. The van der Waals surface area contributed by atoms with Gasteiger partial charge in [-0.1, -0.05) is 54.8 Å². The second-order valence-corrected chi connectivity index (χ2v) is 19.9. The average molecular weight is 1100 g/mol. The molecule has 3 amide bonds. The van der Waals surface area contributed by atoms with E-state index in [-0.39, 0.29) is 109 Å². The molecule has 0 fully saturated rings. The van der Waals surface area contributed by atoms with Crippen molar-refractivity contribution in [2.75, 3.05) is 69.9 Å². The number of nitrogens with two attached hydrogens (primary N) is 3. The first-order chi connectivity index (χ1) is 34.4. The minimum absolute atomic E-state index is 0.00416. The monoisotopic (exact) mass is 1100 g/mol. The van der Waals surface area contributed by atoms with Crippen molar-refractivity contribution in [3.05, 3.63) is 29.8 Å². The second-order valence-electron chi connectivity index (χ2n) is 18.3. The number of phenols is 1. The van der Waals surface area contributed by atoms with Crippen molar-refractivity contribution in [2.24, 2.45) is 39.9 Å². The predicted octanol–water partition coefficient (Wildman–Crippen LogP) is 3.61. The lowest BCUT2D eigenvalue weighted by Gasteiger charge is -2.24. The van der Waals surface area contributed by atoms with E-state index >= 15 is 0 Å². The molecular formula is C51H85BrN8O11S. The summed E-state index contributed by atoms with van der Waals surface area (Å²) in [7, 11) is 1.69. The number of hydrogen-bond acceptors (Lipinski definition) is 15. The van der Waals surface area contributed by atoms with Gasteiger partial charge in [0, 0.05) is 69.9 Å². The number of guanidine groups is 1. The largest absolute Gasteiger partial charge is 0.508 e. The lowest BCUT2D eigenvalue weighted by Crippen LogP contribution is -2.45. The van der Waals surface area contributed by atoms with Crippen molar-refractivity contribution >= 4 is 80.3 Å². The van der Waals surface area contributed by atoms with Crippen molar-refractivity contribution in [2.45, 2.75) is 142 Å². The SMILES string of the molecule is CC[C@H](C)[C@H](NC(=O)CCC(=O)CSC[C@H](NC)C(=O)CC[C@@H](CCCN=C(N)N)CN[C@@H](Cc1ccc(O)cc1)C(N)=O)C(=O)CC[C@@H](CCCCNC(=O)CCOCCOCCCC(=O)CBr)C(C)=O. The molecule has 11 N–H and O–H groups in total. The fourth-order valence-corrected chi connectivity index (χ4v) is 9.02. The number of aromatic hydroxyl groups is 1. The van der Waals surface area contributed by atoms with E-state index in [1.54, 1.807) is 31.3 Å². The highest BCUT2D eigenvalue weighted by Crippen LogP contribution is 2.21. The van der Waals surface area contributed by atoms with Crippen molar-refractivity contribution in [1.29, 1.82) is 0 Å². The summed E-state index contributed by atoms with van der Waals surface area (Å²) >= 11 is 4.43. The number of ketones is 5. The number of carbonyl (C=O) groups excluding carboxylic acids is 8. The van der Waals surface area contributed by atoms with Crippen LogP contribution in [0.5, 0.6) is 5.75 Å². The van der Waals surface area contributed by atoms with Crippen LogP contribution in [0, 0.1) is 17.8 Å². The van der Waals surface area contributed by atoms with Crippen LogP contribution in [-0.2, 0) is 54.3 Å². The number of rotatable bonds is 46. The second kappa shape index (κ2) is 40.1. The maximum Gasteiger partial charge on any atom is 0.234 e. The molecule has 72 heavy (non-hydrogen) atoms. The van der Waals surface area contributed by atoms with Crippen LogP contribution in [-0.4, -0.2) is 146 Å². The van der Waals surface area contributed by atoms with Gasteiger partial charge in [0.25, 0.3) is 0 Å². The van der Waals surface area contributed by atoms with Crippen LogP contribution in [0.3, 0.4) is 0 Å². The summed E-state index contributed by atoms with van der Waals surface area (Å²) in [6, 6.07) is 4.62. The zero-order valence-electron chi connectivity index (χ0n) is 43.2. The van der Waals surface area contributed by atoms with E-state index in [1.165, 1.54) is 18.7 Å². The Bertz CT molecular complexity index is 1820. The number of aliphatic imine (C=N–C) groups is 1. The normalized spacial score (nSPS) is 13.7. The molecule has 0 unspecified atom stereocenters. The zero-order chi connectivity index (χ0) is 53.7. The van der Waals surface area contributed by atoms with Gasteiger partial charge in [-0.15, -0.1) is 0 Å². The number of primary amides is 1. The number of nitrogens with zero attached hydrogens (tertiary/aromatic N) is 1. The lowest BCUT2D eigenvalue weighted by molar-refractivity contribution is -0.130. The van der Waals surface area contributed by atoms with Crippen LogP contribution in [0.25, 0.3) is 0 Å². The molecule has 0 aromatic heterocycles. The fraction of sp³-hybridized carbons (Fsp3) is 0.706. The van der Waals surface area contributed by atoms with Gasteiger partial charge in [0.1, 0.15) is 23.1 Å². The summed E-state index contributed by atoms with van der Waals surface area (Å²) in [5.41, 5.74) is 17.5. The highest BCUT2D eigenvalue weighted by Gasteiger charge is 2.28. The quantitative estimate of drug-likeness (QED) is 0.0200. The molecule has 21 heteroatoms. The number of alkyl halides is 1. The minimum Gasteiger partial charge on any atom is -0.508 e. The van der Waals surface area contributed by atoms with Gasteiger partial charge < -0.3 is 53.0 Å². The number of halogens is 1. The van der Waals surface area contributed by atoms with Crippen LogP contribution in [0.2, 0.25) is 0 Å². The van der Waals surface area contributed by atoms with Gasteiger partial charge in [-0.3, -0.25) is 43.3 Å². The molecule has 1 aromatic rings. The maximum atomic E-state index is 13.5. The van der Waals surface area contributed by atoms with E-state index in [9.17, 15) is 43.5 Å². The molecule has 0 aliphatic rings. The van der Waals surface area contributed by atoms with E-state index in [2.05, 4.69) is 42.2 Å². The number of ether oxygens (including phenoxy) is 2. The van der Waals surface area contributed by atoms with Crippen molar-refractivity contribution < 1.29 is 52.9 Å². The number of hydrogen-bond donors (Lipinski definition) is 8. The summed E-state index contributed by atoms with van der Waals surface area (Å²) in [6.07, 6.45) is 6.72. The Labute approximate surface area is 439 Å². The van der Waals surface area contributed by atoms with Crippen molar-refractivity contribution in [3.63, 3.8) is 0 Å². The molecule has 19 nitrogen and oxygen atoms in total. The van der Waals surface area contributed by atoms with Gasteiger partial charge in [-0.25, -0.2) is 0 Å². The standard InChI is InChI=1S/C51H85BrN8O11S/c1-5-35(2)49(46(66)21-16-39(36(3)61)11-6-7-24-57-47(67)23-27-71-29-28-70-26-9-12-41(63)31-52)60-48(68)22-19-42(64)33-72-34-44(56-4)45(65)20-15-38(10-8-25-58-51(54)55)32-59-43(50(53)69)30-37-13-17-40(62)18-14-37/h13-14,17-18,35,38-39,43-44,49,56,59,62H,5-12,15-16,19-34H2,1-4H3,(H2,53,69)(H,57,67)(H,60,68)(H4,54,55,58)/t35-,38+,39+,43-,44-,49-/m0/s1. The van der Waals surface area contributed by atoms with Gasteiger partial charge in [0.2, 0.25) is 17.7 Å². The number of likely N-dealkylation sites (N-methyl/N-ethyl adjacent to an activating group) is 1. The highest BCUT2D eigenvalue weighted by molar-refractivity contribution is 9.09. The van der Waals surface area contributed by atoms with Gasteiger partial charge in [0.15, 0.2) is 17.5 Å². The molecule has 0 saturated carbocycles. The number of amides is 3. The van der Waals surface area contributed by atoms with Crippen LogP contribution < -0.4 is 38.5 Å². The molecule has 0 spiro atoms. The Hall–Kier alpha value is -4.28. The van der Waals surface area contributed by atoms with Gasteiger partial charge in [-0.05, 0) is 101 Å². The molecule has 0 aliphatic carbocycles. The van der Waals surface area contributed by atoms with Gasteiger partial charge >= 0.3 is 0 Å². The van der Waals surface area contributed by atoms with E-state index in [0.717, 1.165) is 5.56 Å². The molecule has 1 aromatic carbocycles. The average Bonchev–Trinajstić information content (AvgIpc) is 3.35. The highest BCUT2D eigenvalue weighted by atomic mass is 79.9. The van der Waals surface area contributed by atoms with E-state index in [1.807, 2.05) is 13.8 Å². The summed E-state index contributed by atoms with van der Waals surface area (Å²) in [4.78, 5) is 105. The third-order valence-corrected chi connectivity index (χ3v) is 14.1.